The second kappa shape index (κ2) is 4.63. The van der Waals surface area contributed by atoms with Gasteiger partial charge in [-0.1, -0.05) is 13.8 Å². The number of hydrogen-bond acceptors (Lipinski definition) is 4. The van der Waals surface area contributed by atoms with E-state index in [1.807, 2.05) is 6.92 Å². The van der Waals surface area contributed by atoms with Crippen LogP contribution in [0.4, 0.5) is 0 Å². The zero-order valence-corrected chi connectivity index (χ0v) is 11.5. The Balaban J connectivity index is 1.96. The van der Waals surface area contributed by atoms with E-state index in [-0.39, 0.29) is 41.8 Å². The van der Waals surface area contributed by atoms with Crippen LogP contribution in [0, 0.1) is 5.41 Å². The lowest BCUT2D eigenvalue weighted by Gasteiger charge is -2.52. The van der Waals surface area contributed by atoms with Gasteiger partial charge in [-0.05, 0) is 13.3 Å². The molecule has 1 heterocycles. The number of carbonyl (C=O) groups excluding carboxylic acids is 2. The van der Waals surface area contributed by atoms with Gasteiger partial charge in [0, 0.05) is 25.1 Å². The summed E-state index contributed by atoms with van der Waals surface area (Å²) in [6.45, 7) is 6.54. The lowest BCUT2D eigenvalue weighted by atomic mass is 9.64. The summed E-state index contributed by atoms with van der Waals surface area (Å²) in [4.78, 5) is 25.0. The van der Waals surface area contributed by atoms with Crippen LogP contribution >= 0.6 is 0 Å². The van der Waals surface area contributed by atoms with Crippen molar-refractivity contribution >= 4 is 11.8 Å². The van der Waals surface area contributed by atoms with Gasteiger partial charge in [0.25, 0.3) is 0 Å². The van der Waals surface area contributed by atoms with Crippen LogP contribution in [0.5, 0.6) is 0 Å². The first kappa shape index (κ1) is 13.5. The molecule has 18 heavy (non-hydrogen) atoms. The van der Waals surface area contributed by atoms with Crippen molar-refractivity contribution in [3.63, 3.8) is 0 Å². The van der Waals surface area contributed by atoms with Gasteiger partial charge in [0.05, 0.1) is 18.6 Å². The third kappa shape index (κ3) is 1.95. The smallest absolute Gasteiger partial charge is 0.246 e. The number of amides is 2. The van der Waals surface area contributed by atoms with Crippen LogP contribution in [0.15, 0.2) is 0 Å². The van der Waals surface area contributed by atoms with E-state index in [1.54, 1.807) is 7.11 Å². The Kier molecular flexibility index (Phi) is 3.47. The highest BCUT2D eigenvalue weighted by atomic mass is 16.5. The molecule has 5 heteroatoms. The van der Waals surface area contributed by atoms with Crippen molar-refractivity contribution in [2.24, 2.45) is 5.41 Å². The van der Waals surface area contributed by atoms with Gasteiger partial charge < -0.3 is 10.1 Å². The second-order valence-electron chi connectivity index (χ2n) is 5.73. The fourth-order valence-corrected chi connectivity index (χ4v) is 2.96. The number of nitrogens with zero attached hydrogens (tertiary/aromatic N) is 1. The normalized spacial score (nSPS) is 34.9. The number of carbonyl (C=O) groups is 2. The molecular formula is C13H22N2O3. The number of methoxy groups -OCH3 is 1. The van der Waals surface area contributed by atoms with Crippen LogP contribution < -0.4 is 5.32 Å². The summed E-state index contributed by atoms with van der Waals surface area (Å²) < 4.78 is 5.38. The average Bonchev–Trinajstić information content (AvgIpc) is 2.58. The molecule has 1 N–H and O–H groups in total. The summed E-state index contributed by atoms with van der Waals surface area (Å²) in [6, 6.07) is -0.111. The van der Waals surface area contributed by atoms with E-state index in [0.29, 0.717) is 6.54 Å². The summed E-state index contributed by atoms with van der Waals surface area (Å²) >= 11 is 0. The molecule has 2 fully saturated rings. The molecule has 1 aliphatic carbocycles. The Morgan fingerprint density at radius 1 is 1.44 bits per heavy atom. The summed E-state index contributed by atoms with van der Waals surface area (Å²) in [5.41, 5.74) is 0.0116. The van der Waals surface area contributed by atoms with Crippen molar-refractivity contribution in [2.75, 3.05) is 13.7 Å². The molecule has 5 nitrogen and oxygen atoms in total. The zero-order valence-electron chi connectivity index (χ0n) is 11.5. The zero-order chi connectivity index (χ0) is 13.5. The number of likely N-dealkylation sites (tertiary alicyclic amines) is 1. The van der Waals surface area contributed by atoms with Crippen LogP contribution in [0.3, 0.4) is 0 Å². The first-order valence-electron chi connectivity index (χ1n) is 6.54. The monoisotopic (exact) mass is 254 g/mol. The van der Waals surface area contributed by atoms with Crippen LogP contribution in [0.1, 0.15) is 33.6 Å². The summed E-state index contributed by atoms with van der Waals surface area (Å²) in [5, 5.41) is 3.32. The predicted octanol–water partition coefficient (Wildman–Crippen LogP) is 0.537. The van der Waals surface area contributed by atoms with Crippen molar-refractivity contribution in [3.05, 3.63) is 0 Å². The number of rotatable bonds is 4. The third-order valence-corrected chi connectivity index (χ3v) is 4.42. The summed E-state index contributed by atoms with van der Waals surface area (Å²) in [5.74, 6) is -0.153. The lowest BCUT2D eigenvalue weighted by molar-refractivity contribution is -0.139. The standard InChI is InChI=1S/C13H22N2O3/c1-5-15-11(16)6-8(12(15)17)14-9-7-10(18-4)13(9,2)3/h8-10,14H,5-7H2,1-4H3. The molecular weight excluding hydrogens is 232 g/mol. The quantitative estimate of drug-likeness (QED) is 0.744. The van der Waals surface area contributed by atoms with E-state index < -0.39 is 0 Å². The van der Waals surface area contributed by atoms with Crippen LogP contribution in [0.25, 0.3) is 0 Å². The van der Waals surface area contributed by atoms with Crippen molar-refractivity contribution in [2.45, 2.75) is 51.8 Å². The minimum absolute atomic E-state index is 0.0116. The maximum absolute atomic E-state index is 12.0. The van der Waals surface area contributed by atoms with E-state index in [1.165, 1.54) is 4.90 Å². The molecule has 0 aromatic carbocycles. The topological polar surface area (TPSA) is 58.6 Å². The predicted molar refractivity (Wildman–Crippen MR) is 66.9 cm³/mol. The molecule has 0 bridgehead atoms. The number of nitrogens with one attached hydrogen (secondary N) is 1. The van der Waals surface area contributed by atoms with Crippen molar-refractivity contribution in [1.29, 1.82) is 0 Å². The Bertz CT molecular complexity index is 367. The molecule has 3 atom stereocenters. The SMILES string of the molecule is CCN1C(=O)CC(NC2CC(OC)C2(C)C)C1=O. The highest BCUT2D eigenvalue weighted by Crippen LogP contribution is 2.42. The van der Waals surface area contributed by atoms with Crippen LogP contribution in [0.2, 0.25) is 0 Å². The Labute approximate surface area is 108 Å². The molecule has 102 valence electrons. The molecule has 1 saturated heterocycles. The molecule has 0 radical (unpaired) electrons. The second-order valence-corrected chi connectivity index (χ2v) is 5.73. The fourth-order valence-electron chi connectivity index (χ4n) is 2.96. The molecule has 0 aromatic heterocycles. The summed E-state index contributed by atoms with van der Waals surface area (Å²) in [7, 11) is 1.71. The van der Waals surface area contributed by atoms with Crippen molar-refractivity contribution in [1.82, 2.24) is 10.2 Å². The minimum atomic E-state index is -0.348. The van der Waals surface area contributed by atoms with Crippen molar-refractivity contribution in [3.8, 4) is 0 Å². The Morgan fingerprint density at radius 2 is 2.11 bits per heavy atom. The van der Waals surface area contributed by atoms with Gasteiger partial charge in [0.2, 0.25) is 11.8 Å². The maximum Gasteiger partial charge on any atom is 0.246 e. The van der Waals surface area contributed by atoms with Gasteiger partial charge >= 0.3 is 0 Å². The molecule has 1 saturated carbocycles. The van der Waals surface area contributed by atoms with E-state index in [0.717, 1.165) is 6.42 Å². The molecule has 3 unspecified atom stereocenters. The summed E-state index contributed by atoms with van der Waals surface area (Å²) in [6.07, 6.45) is 1.41. The maximum atomic E-state index is 12.0. The lowest BCUT2D eigenvalue weighted by Crippen LogP contribution is -2.63. The van der Waals surface area contributed by atoms with E-state index in [9.17, 15) is 9.59 Å². The number of likely N-dealkylation sites (N-methyl/N-ethyl adjacent to an activating group) is 1. The molecule has 0 aromatic rings. The van der Waals surface area contributed by atoms with Gasteiger partial charge in [-0.15, -0.1) is 0 Å². The van der Waals surface area contributed by atoms with Gasteiger partial charge in [-0.3, -0.25) is 14.5 Å². The first-order chi connectivity index (χ1) is 8.41. The van der Waals surface area contributed by atoms with E-state index in [4.69, 9.17) is 4.74 Å². The number of imide groups is 1. The largest absolute Gasteiger partial charge is 0.381 e. The van der Waals surface area contributed by atoms with Crippen LogP contribution in [-0.2, 0) is 14.3 Å². The third-order valence-electron chi connectivity index (χ3n) is 4.42. The van der Waals surface area contributed by atoms with E-state index >= 15 is 0 Å². The van der Waals surface area contributed by atoms with Gasteiger partial charge in [-0.2, -0.15) is 0 Å². The highest BCUT2D eigenvalue weighted by Gasteiger charge is 2.51. The Hall–Kier alpha value is -0.940. The molecule has 2 amide bonds. The molecule has 0 spiro atoms. The number of hydrogen-bond donors (Lipinski definition) is 1. The molecule has 2 rings (SSSR count). The van der Waals surface area contributed by atoms with Gasteiger partial charge in [-0.25, -0.2) is 0 Å². The first-order valence-corrected chi connectivity index (χ1v) is 6.54. The fraction of sp³-hybridized carbons (Fsp3) is 0.846. The van der Waals surface area contributed by atoms with E-state index in [2.05, 4.69) is 19.2 Å². The average molecular weight is 254 g/mol. The molecule has 1 aliphatic heterocycles. The van der Waals surface area contributed by atoms with Gasteiger partial charge in [0.15, 0.2) is 0 Å². The van der Waals surface area contributed by atoms with Crippen molar-refractivity contribution < 1.29 is 14.3 Å². The molecule has 2 aliphatic rings. The van der Waals surface area contributed by atoms with Gasteiger partial charge in [0.1, 0.15) is 0 Å². The van der Waals surface area contributed by atoms with Crippen LogP contribution in [-0.4, -0.2) is 48.6 Å². The highest BCUT2D eigenvalue weighted by molar-refractivity contribution is 6.05. The number of ether oxygens (including phenoxy) is 1. The Morgan fingerprint density at radius 3 is 2.56 bits per heavy atom. The minimum Gasteiger partial charge on any atom is -0.381 e.